The van der Waals surface area contributed by atoms with Crippen molar-refractivity contribution in [1.82, 2.24) is 5.32 Å². The number of guanidine groups is 1. The highest BCUT2D eigenvalue weighted by Crippen LogP contribution is 2.00. The van der Waals surface area contributed by atoms with Gasteiger partial charge in [0.15, 0.2) is 5.96 Å². The van der Waals surface area contributed by atoms with Gasteiger partial charge in [0.05, 0.1) is 6.54 Å². The summed E-state index contributed by atoms with van der Waals surface area (Å²) in [6, 6.07) is 9.38. The Morgan fingerprint density at radius 3 is 2.59 bits per heavy atom. The van der Waals surface area contributed by atoms with Crippen LogP contribution < -0.4 is 11.1 Å². The molecule has 0 amide bonds. The van der Waals surface area contributed by atoms with E-state index in [-0.39, 0.29) is 12.5 Å². The third kappa shape index (κ3) is 5.26. The highest BCUT2D eigenvalue weighted by atomic mass is 19.3. The lowest BCUT2D eigenvalue weighted by atomic mass is 10.2. The Morgan fingerprint density at radius 2 is 2.00 bits per heavy atom. The van der Waals surface area contributed by atoms with Crippen molar-refractivity contribution in [1.29, 1.82) is 0 Å². The van der Waals surface area contributed by atoms with Gasteiger partial charge in [0.2, 0.25) is 0 Å². The van der Waals surface area contributed by atoms with Crippen molar-refractivity contribution in [3.63, 3.8) is 0 Å². The van der Waals surface area contributed by atoms with Crippen LogP contribution in [0.5, 0.6) is 0 Å². The summed E-state index contributed by atoms with van der Waals surface area (Å²) >= 11 is 0. The first kappa shape index (κ1) is 13.4. The van der Waals surface area contributed by atoms with E-state index in [4.69, 9.17) is 10.8 Å². The number of nitrogens with two attached hydrogens (primary N) is 1. The van der Waals surface area contributed by atoms with Crippen LogP contribution in [-0.2, 0) is 6.54 Å². The Bertz CT molecular complexity index is 357. The summed E-state index contributed by atoms with van der Waals surface area (Å²) in [6.07, 6.45) is -4.52. The fraction of sp³-hybridized carbons (Fsp3) is 0.364. The van der Waals surface area contributed by atoms with Gasteiger partial charge in [-0.05, 0) is 5.56 Å². The lowest BCUT2D eigenvalue weighted by Crippen LogP contribution is -2.39. The number of hydrogen-bond donors (Lipinski definition) is 3. The molecule has 1 atom stereocenters. The van der Waals surface area contributed by atoms with Crippen molar-refractivity contribution in [2.45, 2.75) is 19.1 Å². The Kier molecular flexibility index (Phi) is 5.35. The Morgan fingerprint density at radius 1 is 1.35 bits per heavy atom. The first-order valence-electron chi connectivity index (χ1n) is 5.13. The Labute approximate surface area is 98.2 Å². The number of aliphatic hydroxyl groups excluding tert-OH is 1. The van der Waals surface area contributed by atoms with Gasteiger partial charge in [0, 0.05) is 6.54 Å². The average Bonchev–Trinajstić information content (AvgIpc) is 2.34. The first-order chi connectivity index (χ1) is 8.09. The third-order valence-electron chi connectivity index (χ3n) is 2.06. The van der Waals surface area contributed by atoms with E-state index in [0.29, 0.717) is 6.54 Å². The normalized spacial score (nSPS) is 13.8. The van der Waals surface area contributed by atoms with Crippen LogP contribution in [0.1, 0.15) is 5.56 Å². The summed E-state index contributed by atoms with van der Waals surface area (Å²) in [6.45, 7) is 0.0479. The number of rotatable bonds is 5. The van der Waals surface area contributed by atoms with Gasteiger partial charge in [-0.15, -0.1) is 0 Å². The fourth-order valence-electron chi connectivity index (χ4n) is 1.11. The molecule has 0 aromatic heterocycles. The minimum Gasteiger partial charge on any atom is -0.385 e. The van der Waals surface area contributed by atoms with E-state index in [0.717, 1.165) is 5.56 Å². The molecule has 0 radical (unpaired) electrons. The fourth-order valence-corrected chi connectivity index (χ4v) is 1.11. The molecule has 0 saturated heterocycles. The van der Waals surface area contributed by atoms with E-state index in [1.807, 2.05) is 30.3 Å². The molecule has 1 rings (SSSR count). The number of nitrogens with one attached hydrogen (secondary N) is 1. The third-order valence-corrected chi connectivity index (χ3v) is 2.06. The van der Waals surface area contributed by atoms with Crippen molar-refractivity contribution in [3.8, 4) is 0 Å². The molecule has 0 fully saturated rings. The molecule has 0 saturated carbocycles. The zero-order valence-electron chi connectivity index (χ0n) is 9.18. The van der Waals surface area contributed by atoms with Gasteiger partial charge >= 0.3 is 0 Å². The van der Waals surface area contributed by atoms with Crippen molar-refractivity contribution in [2.75, 3.05) is 6.54 Å². The van der Waals surface area contributed by atoms with Crippen LogP contribution in [0.3, 0.4) is 0 Å². The summed E-state index contributed by atoms with van der Waals surface area (Å²) in [7, 11) is 0. The summed E-state index contributed by atoms with van der Waals surface area (Å²) in [4.78, 5) is 3.95. The average molecular weight is 243 g/mol. The standard InChI is InChI=1S/C11H15F2N3O/c12-10(13)9(17)7-16-11(14)15-6-8-4-2-1-3-5-8/h1-5,9-10,17H,6-7H2,(H3,14,15,16). The minimum atomic E-state index is -2.79. The molecule has 0 aliphatic rings. The van der Waals surface area contributed by atoms with Gasteiger partial charge in [-0.25, -0.2) is 13.8 Å². The SMILES string of the molecule is NC(=NCc1ccccc1)NCC(O)C(F)F. The van der Waals surface area contributed by atoms with Gasteiger partial charge in [-0.2, -0.15) is 0 Å². The summed E-state index contributed by atoms with van der Waals surface area (Å²) in [5.74, 6) is 0.0357. The maximum atomic E-state index is 12.0. The van der Waals surface area contributed by atoms with E-state index in [1.54, 1.807) is 0 Å². The molecule has 17 heavy (non-hydrogen) atoms. The quantitative estimate of drug-likeness (QED) is 0.527. The van der Waals surface area contributed by atoms with Crippen molar-refractivity contribution in [3.05, 3.63) is 35.9 Å². The molecule has 94 valence electrons. The maximum Gasteiger partial charge on any atom is 0.265 e. The lowest BCUT2D eigenvalue weighted by Gasteiger charge is -2.10. The number of halogens is 2. The van der Waals surface area contributed by atoms with Crippen LogP contribution in [0.2, 0.25) is 0 Å². The van der Waals surface area contributed by atoms with Gasteiger partial charge < -0.3 is 16.2 Å². The number of nitrogens with zero attached hydrogens (tertiary/aromatic N) is 1. The Balaban J connectivity index is 2.35. The number of hydrogen-bond acceptors (Lipinski definition) is 2. The topological polar surface area (TPSA) is 70.6 Å². The highest BCUT2D eigenvalue weighted by molar-refractivity contribution is 5.77. The summed E-state index contributed by atoms with van der Waals surface area (Å²) in [5.41, 5.74) is 6.42. The van der Waals surface area contributed by atoms with Gasteiger partial charge in [-0.1, -0.05) is 30.3 Å². The number of aliphatic hydroxyl groups is 1. The van der Waals surface area contributed by atoms with Crippen molar-refractivity contribution >= 4 is 5.96 Å². The molecule has 6 heteroatoms. The van der Waals surface area contributed by atoms with Crippen LogP contribution in [-0.4, -0.2) is 30.1 Å². The largest absolute Gasteiger partial charge is 0.385 e. The second-order valence-electron chi connectivity index (χ2n) is 3.47. The zero-order valence-corrected chi connectivity index (χ0v) is 9.18. The van der Waals surface area contributed by atoms with Crippen molar-refractivity contribution < 1.29 is 13.9 Å². The van der Waals surface area contributed by atoms with Gasteiger partial charge in [0.1, 0.15) is 6.10 Å². The molecule has 1 aromatic rings. The number of alkyl halides is 2. The first-order valence-corrected chi connectivity index (χ1v) is 5.13. The van der Waals surface area contributed by atoms with Crippen LogP contribution in [0, 0.1) is 0 Å². The number of aliphatic imine (C=N–C) groups is 1. The zero-order chi connectivity index (χ0) is 12.7. The van der Waals surface area contributed by atoms with E-state index in [9.17, 15) is 8.78 Å². The predicted molar refractivity (Wildman–Crippen MR) is 61.8 cm³/mol. The van der Waals surface area contributed by atoms with E-state index in [2.05, 4.69) is 10.3 Å². The molecule has 0 aliphatic heterocycles. The molecular formula is C11H15F2N3O. The van der Waals surface area contributed by atoms with Crippen LogP contribution in [0.25, 0.3) is 0 Å². The highest BCUT2D eigenvalue weighted by Gasteiger charge is 2.16. The second kappa shape index (κ2) is 6.80. The molecule has 0 aliphatic carbocycles. The monoisotopic (exact) mass is 243 g/mol. The molecule has 1 unspecified atom stereocenters. The van der Waals surface area contributed by atoms with E-state index >= 15 is 0 Å². The molecule has 0 bridgehead atoms. The van der Waals surface area contributed by atoms with Crippen LogP contribution >= 0.6 is 0 Å². The number of benzene rings is 1. The van der Waals surface area contributed by atoms with E-state index < -0.39 is 12.5 Å². The lowest BCUT2D eigenvalue weighted by molar-refractivity contribution is -0.000941. The summed E-state index contributed by atoms with van der Waals surface area (Å²) in [5, 5.41) is 11.3. The minimum absolute atomic E-state index is 0.0357. The van der Waals surface area contributed by atoms with Gasteiger partial charge in [-0.3, -0.25) is 0 Å². The van der Waals surface area contributed by atoms with Gasteiger partial charge in [0.25, 0.3) is 6.43 Å². The summed E-state index contributed by atoms with van der Waals surface area (Å²) < 4.78 is 23.9. The predicted octanol–water partition coefficient (Wildman–Crippen LogP) is 0.717. The van der Waals surface area contributed by atoms with Crippen LogP contribution in [0.15, 0.2) is 35.3 Å². The maximum absolute atomic E-state index is 12.0. The van der Waals surface area contributed by atoms with Crippen LogP contribution in [0.4, 0.5) is 8.78 Å². The van der Waals surface area contributed by atoms with Crippen molar-refractivity contribution in [2.24, 2.45) is 10.7 Å². The molecular weight excluding hydrogens is 228 g/mol. The molecule has 1 aromatic carbocycles. The smallest absolute Gasteiger partial charge is 0.265 e. The molecule has 4 nitrogen and oxygen atoms in total. The Hall–Kier alpha value is -1.69. The van der Waals surface area contributed by atoms with E-state index in [1.165, 1.54) is 0 Å². The molecule has 4 N–H and O–H groups in total. The molecule has 0 spiro atoms. The second-order valence-corrected chi connectivity index (χ2v) is 3.47. The molecule has 0 heterocycles.